The van der Waals surface area contributed by atoms with Crippen LogP contribution in [0.2, 0.25) is 0 Å². The molecule has 3 saturated heterocycles. The molecular weight excluding hydrogens is 1080 g/mol. The number of carbonyl (C=O) groups excluding carboxylic acids is 13. The molecule has 0 aromatic heterocycles. The highest BCUT2D eigenvalue weighted by molar-refractivity contribution is 5.71. The van der Waals surface area contributed by atoms with E-state index < -0.39 is 208 Å². The normalized spacial score (nSPS) is 29.4. The Morgan fingerprint density at radius 1 is 0.316 bits per heavy atom. The third-order valence-electron chi connectivity index (χ3n) is 10.7. The van der Waals surface area contributed by atoms with E-state index in [9.17, 15) is 67.4 Å². The maximum atomic E-state index is 13.1. The molecule has 0 amide bonds. The van der Waals surface area contributed by atoms with Crippen LogP contribution in [0.4, 0.5) is 0 Å². The first-order valence-corrected chi connectivity index (χ1v) is 23.9. The van der Waals surface area contributed by atoms with E-state index >= 15 is 0 Å². The predicted molar refractivity (Wildman–Crippen MR) is 243 cm³/mol. The quantitative estimate of drug-likeness (QED) is 0.0848. The Morgan fingerprint density at radius 3 is 0.937 bits per heavy atom. The van der Waals surface area contributed by atoms with Gasteiger partial charge in [-0.1, -0.05) is 0 Å². The number of esters is 13. The number of hydrogen-bond donors (Lipinski definition) is 1. The van der Waals surface area contributed by atoms with Gasteiger partial charge in [0.05, 0.1) is 6.61 Å². The van der Waals surface area contributed by atoms with Crippen LogP contribution >= 0.6 is 0 Å². The van der Waals surface area contributed by atoms with Crippen LogP contribution in [-0.2, 0) is 148 Å². The Bertz CT molecular complexity index is 2250. The van der Waals surface area contributed by atoms with Crippen molar-refractivity contribution in [3.05, 3.63) is 0 Å². The minimum Gasteiger partial charge on any atom is -0.462 e. The second-order valence-electron chi connectivity index (χ2n) is 17.5. The Kier molecular flexibility index (Phi) is 25.4. The first kappa shape index (κ1) is 66.2. The summed E-state index contributed by atoms with van der Waals surface area (Å²) in [6.07, 6.45) is -36.4. The van der Waals surface area contributed by atoms with Crippen molar-refractivity contribution in [1.29, 1.82) is 0 Å². The van der Waals surface area contributed by atoms with Gasteiger partial charge in [-0.3, -0.25) is 62.3 Å². The molecule has 0 bridgehead atoms. The third-order valence-corrected chi connectivity index (χ3v) is 10.7. The smallest absolute Gasteiger partial charge is 0.303 e. The predicted octanol–water partition coefficient (Wildman–Crippen LogP) is -2.07. The van der Waals surface area contributed by atoms with E-state index in [1.165, 1.54) is 0 Å². The molecule has 3 aliphatic heterocycles. The van der Waals surface area contributed by atoms with Crippen LogP contribution in [0.1, 0.15) is 90.0 Å². The fraction of sp³-hybridized carbons (Fsp3) is 0.723. The molecule has 18 atom stereocenters. The average Bonchev–Trinajstić information content (AvgIpc) is 3.36. The van der Waals surface area contributed by atoms with E-state index in [4.69, 9.17) is 85.3 Å². The van der Waals surface area contributed by atoms with Crippen molar-refractivity contribution in [2.24, 2.45) is 0 Å². The van der Waals surface area contributed by atoms with E-state index in [2.05, 4.69) is 0 Å². The molecule has 3 rings (SSSR count). The van der Waals surface area contributed by atoms with Gasteiger partial charge in [-0.15, -0.1) is 0 Å². The van der Waals surface area contributed by atoms with E-state index in [-0.39, 0.29) is 0 Å². The number of aliphatic hydroxyl groups is 1. The number of ether oxygens (including phenoxy) is 18. The topological polar surface area (TPSA) is 408 Å². The highest BCUT2D eigenvalue weighted by Crippen LogP contribution is 2.38. The summed E-state index contributed by atoms with van der Waals surface area (Å²) >= 11 is 0. The van der Waals surface area contributed by atoms with E-state index in [1.54, 1.807) is 0 Å². The molecule has 0 saturated carbocycles. The Balaban J connectivity index is 2.40. The summed E-state index contributed by atoms with van der Waals surface area (Å²) in [5, 5.41) is 11.5. The standard InChI is InChI=1S/C47H64O32/c1-17(48)62-14-30(65-19(3)50)33-36(68-22(6)53)39(42(45(61)76-33)73-27(11)58)79-47-44(75-29(13)60)41(72-26(10)57)38(70-24(8)55)35(78-47)32(67-21(5)52)16-64-46-43(74-28(12)59)40(71-25(9)56)37(69-23(7)54)34(77-46)31(66-20(4)51)15-63-18(2)49/h30-47,61H,14-16H2,1-13H3/t30-,31-,32-,33+,34+,35+,36+,37+,38+,39-,40-,41-,42-,43-,44-,45-,46-,47+/m0/s1. The molecule has 0 spiro atoms. The van der Waals surface area contributed by atoms with Crippen molar-refractivity contribution in [1.82, 2.24) is 0 Å². The first-order chi connectivity index (χ1) is 36.8. The molecule has 3 fully saturated rings. The Morgan fingerprint density at radius 2 is 0.595 bits per heavy atom. The maximum absolute atomic E-state index is 13.1. The lowest BCUT2D eigenvalue weighted by atomic mass is 9.92. The van der Waals surface area contributed by atoms with Crippen LogP contribution in [0, 0.1) is 0 Å². The molecule has 32 heteroatoms. The summed E-state index contributed by atoms with van der Waals surface area (Å²) in [6, 6.07) is 0. The molecule has 0 aliphatic carbocycles. The van der Waals surface area contributed by atoms with Gasteiger partial charge in [0.1, 0.15) is 37.6 Å². The number of rotatable bonds is 23. The van der Waals surface area contributed by atoms with Crippen LogP contribution in [0.15, 0.2) is 0 Å². The Labute approximate surface area is 449 Å². The van der Waals surface area contributed by atoms with Gasteiger partial charge >= 0.3 is 77.6 Å². The molecule has 3 aliphatic rings. The molecular formula is C47H64O32. The molecule has 0 radical (unpaired) electrons. The molecule has 0 unspecified atom stereocenters. The van der Waals surface area contributed by atoms with Crippen molar-refractivity contribution in [3.63, 3.8) is 0 Å². The van der Waals surface area contributed by atoms with Gasteiger partial charge in [-0.05, 0) is 0 Å². The van der Waals surface area contributed by atoms with Gasteiger partial charge in [0.25, 0.3) is 0 Å². The van der Waals surface area contributed by atoms with E-state index in [1.807, 2.05) is 0 Å². The molecule has 0 aromatic carbocycles. The molecule has 32 nitrogen and oxygen atoms in total. The lowest BCUT2D eigenvalue weighted by molar-refractivity contribution is -0.367. The zero-order valence-corrected chi connectivity index (χ0v) is 45.1. The van der Waals surface area contributed by atoms with Crippen LogP contribution in [-0.4, -0.2) is 213 Å². The minimum atomic E-state index is -2.33. The summed E-state index contributed by atoms with van der Waals surface area (Å²) in [4.78, 5) is 164. The van der Waals surface area contributed by atoms with Gasteiger partial charge in [-0.25, -0.2) is 0 Å². The lowest BCUT2D eigenvalue weighted by Gasteiger charge is -2.50. The molecule has 1 N–H and O–H groups in total. The zero-order valence-electron chi connectivity index (χ0n) is 45.1. The molecule has 3 heterocycles. The monoisotopic (exact) mass is 1140 g/mol. The van der Waals surface area contributed by atoms with Crippen molar-refractivity contribution in [3.8, 4) is 0 Å². The number of aliphatic hydroxyl groups excluding tert-OH is 1. The van der Waals surface area contributed by atoms with Gasteiger partial charge in [0, 0.05) is 90.0 Å². The van der Waals surface area contributed by atoms with Gasteiger partial charge < -0.3 is 90.4 Å². The zero-order chi connectivity index (χ0) is 59.7. The fourth-order valence-corrected chi connectivity index (χ4v) is 8.37. The van der Waals surface area contributed by atoms with Crippen LogP contribution in [0.5, 0.6) is 0 Å². The van der Waals surface area contributed by atoms with Crippen molar-refractivity contribution < 1.29 is 153 Å². The van der Waals surface area contributed by atoms with E-state index in [0.717, 1.165) is 90.0 Å². The van der Waals surface area contributed by atoms with Crippen molar-refractivity contribution >= 4 is 77.6 Å². The number of carbonyl (C=O) groups is 13. The molecule has 444 valence electrons. The largest absolute Gasteiger partial charge is 0.462 e. The highest BCUT2D eigenvalue weighted by atomic mass is 16.8. The Hall–Kier alpha value is -7.13. The van der Waals surface area contributed by atoms with Crippen LogP contribution in [0.25, 0.3) is 0 Å². The van der Waals surface area contributed by atoms with Gasteiger partial charge in [0.15, 0.2) is 86.0 Å². The number of hydrogen-bond acceptors (Lipinski definition) is 32. The summed E-state index contributed by atoms with van der Waals surface area (Å²) in [5.74, 6) is -13.9. The fourth-order valence-electron chi connectivity index (χ4n) is 8.37. The second-order valence-corrected chi connectivity index (χ2v) is 17.5. The summed E-state index contributed by atoms with van der Waals surface area (Å²) in [7, 11) is 0. The van der Waals surface area contributed by atoms with Crippen LogP contribution in [0.3, 0.4) is 0 Å². The summed E-state index contributed by atoms with van der Waals surface area (Å²) in [6.45, 7) is 9.14. The summed E-state index contributed by atoms with van der Waals surface area (Å²) in [5.41, 5.74) is 0. The van der Waals surface area contributed by atoms with Crippen molar-refractivity contribution in [2.75, 3.05) is 19.8 Å². The lowest BCUT2D eigenvalue weighted by Crippen LogP contribution is -2.69. The van der Waals surface area contributed by atoms with Gasteiger partial charge in [-0.2, -0.15) is 0 Å². The summed E-state index contributed by atoms with van der Waals surface area (Å²) < 4.78 is 101. The minimum absolute atomic E-state index is 0.800. The third kappa shape index (κ3) is 20.6. The SMILES string of the molecule is CC(=O)OC[C@H](OC(C)=O)[C@H]1O[C@H](OC[C@H](OC(C)=O)[C@H]2O[C@H](O[C@H]3[C@H](OC(C)=O)[C@@H]([C@H](COC(C)=O)OC(C)=O)O[C@H](O)[C@H]3OC(C)=O)[C@@H](OC(C)=O)[C@@H](OC(C)=O)[C@@H]2OC(C)=O)[C@@H](OC(C)=O)[C@@H](OC(C)=O)[C@@H]1OC(C)=O. The molecule has 79 heavy (non-hydrogen) atoms. The maximum Gasteiger partial charge on any atom is 0.303 e. The van der Waals surface area contributed by atoms with Crippen LogP contribution < -0.4 is 0 Å². The van der Waals surface area contributed by atoms with E-state index in [0.29, 0.717) is 0 Å². The average molecular weight is 1140 g/mol. The van der Waals surface area contributed by atoms with Crippen molar-refractivity contribution in [2.45, 2.75) is 200 Å². The molecule has 0 aromatic rings. The van der Waals surface area contributed by atoms with Gasteiger partial charge in [0.2, 0.25) is 0 Å². The second kappa shape index (κ2) is 30.3. The highest BCUT2D eigenvalue weighted by Gasteiger charge is 2.61. The first-order valence-electron chi connectivity index (χ1n) is 23.9.